The number of rotatable bonds is 23. The van der Waals surface area contributed by atoms with Crippen molar-refractivity contribution in [3.05, 3.63) is 95.1 Å². The summed E-state index contributed by atoms with van der Waals surface area (Å²) in [5, 5.41) is 0. The van der Waals surface area contributed by atoms with Crippen LogP contribution in [0.3, 0.4) is 0 Å². The van der Waals surface area contributed by atoms with Crippen LogP contribution in [0.15, 0.2) is 72.8 Å². The molecular weight excluding hydrogens is 629 g/mol. The van der Waals surface area contributed by atoms with E-state index in [9.17, 15) is 4.79 Å². The SMILES string of the molecule is CCCCCCCCCCCCCCCCCCOc1cc(C(C)(C)c2ccccc2)c(OC(=O)OC(C)(C)C)c(C(C)(C)c2ccccc2)c1. The summed E-state index contributed by atoms with van der Waals surface area (Å²) < 4.78 is 18.5. The van der Waals surface area contributed by atoms with Crippen LogP contribution in [0, 0.1) is 0 Å². The van der Waals surface area contributed by atoms with Gasteiger partial charge in [-0.15, -0.1) is 0 Å². The highest BCUT2D eigenvalue weighted by molar-refractivity contribution is 5.69. The monoisotopic (exact) mass is 699 g/mol. The standard InChI is InChI=1S/C47H70O4/c1-9-10-11-12-13-14-15-16-17-18-19-20-21-22-23-30-35-49-40-36-41(46(5,6)38-31-26-24-27-32-38)43(50-44(48)51-45(2,3)4)42(37-40)47(7,8)39-33-28-25-29-34-39/h24-29,31-34,36-37H,9-23,30,35H2,1-8H3. The Morgan fingerprint density at radius 2 is 0.902 bits per heavy atom. The average Bonchev–Trinajstić information content (AvgIpc) is 3.09. The van der Waals surface area contributed by atoms with Crippen LogP contribution in [0.2, 0.25) is 0 Å². The molecule has 0 amide bonds. The van der Waals surface area contributed by atoms with Gasteiger partial charge in [-0.3, -0.25) is 0 Å². The second-order valence-electron chi connectivity index (χ2n) is 16.5. The Balaban J connectivity index is 1.68. The third-order valence-electron chi connectivity index (χ3n) is 10.2. The Bertz CT molecular complexity index is 1330. The normalized spacial score (nSPS) is 12.2. The van der Waals surface area contributed by atoms with Crippen molar-refractivity contribution in [2.24, 2.45) is 0 Å². The van der Waals surface area contributed by atoms with Crippen LogP contribution in [0.4, 0.5) is 4.79 Å². The number of ether oxygens (including phenoxy) is 3. The summed E-state index contributed by atoms with van der Waals surface area (Å²) in [7, 11) is 0. The van der Waals surface area contributed by atoms with Gasteiger partial charge in [0.25, 0.3) is 0 Å². The maximum atomic E-state index is 13.3. The van der Waals surface area contributed by atoms with Crippen LogP contribution in [0.1, 0.15) is 180 Å². The van der Waals surface area contributed by atoms with Gasteiger partial charge in [-0.1, -0.05) is 192 Å². The van der Waals surface area contributed by atoms with Gasteiger partial charge in [0.1, 0.15) is 17.1 Å². The highest BCUT2D eigenvalue weighted by Gasteiger charge is 2.36. The van der Waals surface area contributed by atoms with Gasteiger partial charge in [-0.05, 0) is 50.5 Å². The molecule has 0 aliphatic carbocycles. The van der Waals surface area contributed by atoms with Crippen molar-refractivity contribution in [2.75, 3.05) is 6.61 Å². The summed E-state index contributed by atoms with van der Waals surface area (Å²) in [6.45, 7) is 17.2. The van der Waals surface area contributed by atoms with Gasteiger partial charge in [-0.2, -0.15) is 0 Å². The molecule has 3 aromatic rings. The van der Waals surface area contributed by atoms with Crippen molar-refractivity contribution in [3.8, 4) is 11.5 Å². The highest BCUT2D eigenvalue weighted by atomic mass is 16.7. The summed E-state index contributed by atoms with van der Waals surface area (Å²) >= 11 is 0. The van der Waals surface area contributed by atoms with E-state index in [4.69, 9.17) is 14.2 Å². The summed E-state index contributed by atoms with van der Waals surface area (Å²) in [6.07, 6.45) is 20.8. The first-order valence-corrected chi connectivity index (χ1v) is 20.2. The molecule has 0 bridgehead atoms. The topological polar surface area (TPSA) is 44.8 Å². The minimum Gasteiger partial charge on any atom is -0.494 e. The van der Waals surface area contributed by atoms with E-state index < -0.39 is 22.6 Å². The smallest absolute Gasteiger partial charge is 0.494 e. The first-order chi connectivity index (χ1) is 24.4. The summed E-state index contributed by atoms with van der Waals surface area (Å²) in [4.78, 5) is 13.3. The Hall–Kier alpha value is -3.27. The molecule has 0 aromatic heterocycles. The van der Waals surface area contributed by atoms with E-state index in [1.807, 2.05) is 32.9 Å². The van der Waals surface area contributed by atoms with Gasteiger partial charge in [0, 0.05) is 22.0 Å². The van der Waals surface area contributed by atoms with Crippen molar-refractivity contribution >= 4 is 6.16 Å². The zero-order valence-corrected chi connectivity index (χ0v) is 33.6. The van der Waals surface area contributed by atoms with Crippen LogP contribution in [0.25, 0.3) is 0 Å². The van der Waals surface area contributed by atoms with Crippen LogP contribution < -0.4 is 9.47 Å². The van der Waals surface area contributed by atoms with Crippen LogP contribution in [0.5, 0.6) is 11.5 Å². The molecule has 0 heterocycles. The van der Waals surface area contributed by atoms with E-state index in [1.165, 1.54) is 96.3 Å². The number of hydrogen-bond donors (Lipinski definition) is 0. The van der Waals surface area contributed by atoms with Gasteiger partial charge in [0.15, 0.2) is 0 Å². The molecule has 0 radical (unpaired) electrons. The Kier molecular flexibility index (Phi) is 17.6. The fraction of sp³-hybridized carbons (Fsp3) is 0.596. The zero-order chi connectivity index (χ0) is 37.2. The second kappa shape index (κ2) is 21.3. The number of benzene rings is 3. The molecule has 0 saturated heterocycles. The molecule has 0 N–H and O–H groups in total. The molecule has 3 aromatic carbocycles. The predicted molar refractivity (Wildman–Crippen MR) is 215 cm³/mol. The lowest BCUT2D eigenvalue weighted by molar-refractivity contribution is 0.0199. The maximum Gasteiger partial charge on any atom is 0.514 e. The largest absolute Gasteiger partial charge is 0.514 e. The molecule has 3 rings (SSSR count). The first-order valence-electron chi connectivity index (χ1n) is 20.2. The minimum absolute atomic E-state index is 0.492. The molecule has 0 saturated carbocycles. The fourth-order valence-corrected chi connectivity index (χ4v) is 6.94. The molecule has 0 aliphatic heterocycles. The molecule has 4 heteroatoms. The van der Waals surface area contributed by atoms with E-state index in [1.54, 1.807) is 0 Å². The van der Waals surface area contributed by atoms with Gasteiger partial charge >= 0.3 is 6.16 Å². The van der Waals surface area contributed by atoms with Crippen LogP contribution in [-0.4, -0.2) is 18.4 Å². The quantitative estimate of drug-likeness (QED) is 0.0562. The van der Waals surface area contributed by atoms with Crippen molar-refractivity contribution in [2.45, 2.75) is 175 Å². The van der Waals surface area contributed by atoms with Crippen molar-refractivity contribution in [3.63, 3.8) is 0 Å². The highest BCUT2D eigenvalue weighted by Crippen LogP contribution is 2.47. The number of carbonyl (C=O) groups is 1. The van der Waals surface area contributed by atoms with Crippen molar-refractivity contribution < 1.29 is 19.0 Å². The third kappa shape index (κ3) is 14.3. The van der Waals surface area contributed by atoms with E-state index in [0.717, 1.165) is 34.4 Å². The Morgan fingerprint density at radius 3 is 1.27 bits per heavy atom. The molecule has 282 valence electrons. The number of carbonyl (C=O) groups excluding carboxylic acids is 1. The van der Waals surface area contributed by atoms with Crippen molar-refractivity contribution in [1.29, 1.82) is 0 Å². The van der Waals surface area contributed by atoms with E-state index >= 15 is 0 Å². The van der Waals surface area contributed by atoms with Gasteiger partial charge < -0.3 is 14.2 Å². The molecule has 0 fully saturated rings. The van der Waals surface area contributed by atoms with Crippen molar-refractivity contribution in [1.82, 2.24) is 0 Å². The summed E-state index contributed by atoms with van der Waals surface area (Å²) in [5.41, 5.74) is 2.36. The maximum absolute atomic E-state index is 13.3. The molecule has 0 spiro atoms. The molecule has 0 aliphatic rings. The van der Waals surface area contributed by atoms with Gasteiger partial charge in [0.05, 0.1) is 6.61 Å². The Labute approximate surface area is 312 Å². The zero-order valence-electron chi connectivity index (χ0n) is 33.6. The van der Waals surface area contributed by atoms with Crippen LogP contribution in [-0.2, 0) is 15.6 Å². The van der Waals surface area contributed by atoms with Crippen LogP contribution >= 0.6 is 0 Å². The molecule has 0 atom stereocenters. The lowest BCUT2D eigenvalue weighted by Gasteiger charge is -2.34. The number of unbranched alkanes of at least 4 members (excludes halogenated alkanes) is 15. The average molecular weight is 699 g/mol. The molecule has 4 nitrogen and oxygen atoms in total. The molecular formula is C47H70O4. The van der Waals surface area contributed by atoms with E-state index in [-0.39, 0.29) is 0 Å². The van der Waals surface area contributed by atoms with Gasteiger partial charge in [-0.25, -0.2) is 4.79 Å². The summed E-state index contributed by atoms with van der Waals surface area (Å²) in [5.74, 6) is 1.33. The van der Waals surface area contributed by atoms with Gasteiger partial charge in [0.2, 0.25) is 0 Å². The minimum atomic E-state index is -0.709. The van der Waals surface area contributed by atoms with E-state index in [0.29, 0.717) is 12.4 Å². The first kappa shape index (κ1) is 42.1. The fourth-order valence-electron chi connectivity index (χ4n) is 6.94. The molecule has 51 heavy (non-hydrogen) atoms. The second-order valence-corrected chi connectivity index (χ2v) is 16.5. The summed E-state index contributed by atoms with van der Waals surface area (Å²) in [6, 6.07) is 24.9. The predicted octanol–water partition coefficient (Wildman–Crippen LogP) is 14.3. The lowest BCUT2D eigenvalue weighted by Crippen LogP contribution is -2.30. The lowest BCUT2D eigenvalue weighted by atomic mass is 9.72. The Morgan fingerprint density at radius 1 is 0.529 bits per heavy atom. The number of hydrogen-bond acceptors (Lipinski definition) is 4. The molecule has 0 unspecified atom stereocenters. The third-order valence-corrected chi connectivity index (χ3v) is 10.2. The van der Waals surface area contributed by atoms with E-state index in [2.05, 4.69) is 95.3 Å².